The fourth-order valence-corrected chi connectivity index (χ4v) is 9.77. The molecule has 2 aromatic heterocycles. The highest BCUT2D eigenvalue weighted by Crippen LogP contribution is 2.29. The molecule has 4 aromatic rings. The Morgan fingerprint density at radius 2 is 1.56 bits per heavy atom. The molecule has 394 valence electrons. The smallest absolute Gasteiger partial charge is 0.270 e. The van der Waals surface area contributed by atoms with Gasteiger partial charge in [0.15, 0.2) is 0 Å². The predicted molar refractivity (Wildman–Crippen MR) is 273 cm³/mol. The van der Waals surface area contributed by atoms with Crippen molar-refractivity contribution in [3.8, 4) is 10.4 Å². The molecule has 2 aromatic carbocycles. The standard InChI is InChI=1S/C52H70N10O10S/c1-34-47(73-33-57-34)37-11-9-35(10-12-37)25-53-50(68)43-23-40(63)31-62(43)51(69)48(52(2,3)4)59-45(65)14-17-70-19-21-72-22-20-71-18-15-46(66)61-28-39(29-61)58-44-24-42(55-32-56-44)49(67)54-26-41(64)30-60-16-13-36-7-5-6-8-38(36)27-60/h5-12,24,32-33,39-41,43,48,63-64H,13-23,25-31H2,1-4H3,(H,53,68)(H,54,67)(H,59,65)(H,55,56,58)/t40-,41+,43+,48-/m1/s1. The number of carbonyl (C=O) groups is 5. The minimum absolute atomic E-state index is 0.00177. The van der Waals surface area contributed by atoms with Crippen LogP contribution in [0.1, 0.15) is 72.9 Å². The molecule has 6 N–H and O–H groups in total. The van der Waals surface area contributed by atoms with E-state index in [1.54, 1.807) is 22.3 Å². The van der Waals surface area contributed by atoms with E-state index in [4.69, 9.17) is 14.2 Å². The lowest BCUT2D eigenvalue weighted by Gasteiger charge is -2.39. The Labute approximate surface area is 430 Å². The van der Waals surface area contributed by atoms with E-state index in [0.717, 1.165) is 41.2 Å². The summed E-state index contributed by atoms with van der Waals surface area (Å²) in [6.45, 7) is 12.2. The maximum atomic E-state index is 14.0. The van der Waals surface area contributed by atoms with Crippen molar-refractivity contribution in [3.05, 3.63) is 94.5 Å². The molecule has 0 radical (unpaired) electrons. The normalized spacial score (nSPS) is 17.8. The molecule has 3 aliphatic rings. The minimum atomic E-state index is -0.948. The topological polar surface area (TPSA) is 250 Å². The van der Waals surface area contributed by atoms with Crippen molar-refractivity contribution in [2.45, 2.75) is 96.8 Å². The van der Waals surface area contributed by atoms with E-state index in [-0.39, 0.29) is 101 Å². The number of aromatic nitrogens is 3. The highest BCUT2D eigenvalue weighted by atomic mass is 32.1. The monoisotopic (exact) mass is 1030 g/mol. The van der Waals surface area contributed by atoms with Gasteiger partial charge in [0.05, 0.1) is 80.4 Å². The molecule has 73 heavy (non-hydrogen) atoms. The van der Waals surface area contributed by atoms with Gasteiger partial charge in [0, 0.05) is 71.3 Å². The van der Waals surface area contributed by atoms with Crippen molar-refractivity contribution in [2.75, 3.05) is 84.2 Å². The molecular formula is C52H70N10O10S. The molecule has 5 amide bonds. The van der Waals surface area contributed by atoms with Crippen LogP contribution in [0.25, 0.3) is 10.4 Å². The SMILES string of the molecule is Cc1ncsc1-c1ccc(CNC(=O)[C@@H]2C[C@@H](O)CN2C(=O)[C@@H](NC(=O)CCOCCOCCOCCC(=O)N2CC(Nc3cc(C(=O)NC[C@H](O)CN4CCc5ccccc5C4)ncn3)C2)C(C)(C)C)cc1. The molecule has 7 rings (SSSR count). The van der Waals surface area contributed by atoms with Gasteiger partial charge in [-0.3, -0.25) is 28.9 Å². The lowest BCUT2D eigenvalue weighted by molar-refractivity contribution is -0.144. The molecule has 20 nitrogen and oxygen atoms in total. The predicted octanol–water partition coefficient (Wildman–Crippen LogP) is 2.32. The van der Waals surface area contributed by atoms with Gasteiger partial charge in [-0.25, -0.2) is 15.0 Å². The number of likely N-dealkylation sites (tertiary alicyclic amines) is 2. The van der Waals surface area contributed by atoms with Gasteiger partial charge in [0.25, 0.3) is 5.91 Å². The number of aryl methyl sites for hydroxylation is 1. The summed E-state index contributed by atoms with van der Waals surface area (Å²) < 4.78 is 16.8. The first-order chi connectivity index (χ1) is 35.1. The number of hydrogen-bond donors (Lipinski definition) is 6. The largest absolute Gasteiger partial charge is 0.391 e. The number of nitrogens with one attached hydrogen (secondary N) is 4. The first-order valence-corrected chi connectivity index (χ1v) is 25.9. The maximum Gasteiger partial charge on any atom is 0.270 e. The number of rotatable bonds is 25. The summed E-state index contributed by atoms with van der Waals surface area (Å²) in [5.41, 5.74) is 6.79. The molecule has 0 spiro atoms. The van der Waals surface area contributed by atoms with Crippen LogP contribution in [-0.2, 0) is 52.9 Å². The number of hydrogen-bond acceptors (Lipinski definition) is 16. The number of β-amino-alcohol motifs (C(OH)–C–C–N with tert-alkyl or cyclic N) is 2. The summed E-state index contributed by atoms with van der Waals surface area (Å²) in [4.78, 5) is 85.0. The fraction of sp³-hybridized carbons (Fsp3) is 0.538. The summed E-state index contributed by atoms with van der Waals surface area (Å²) in [5, 5.41) is 33.0. The molecule has 21 heteroatoms. The van der Waals surface area contributed by atoms with Gasteiger partial charge in [-0.05, 0) is 41.0 Å². The summed E-state index contributed by atoms with van der Waals surface area (Å²) >= 11 is 1.57. The summed E-state index contributed by atoms with van der Waals surface area (Å²) in [6.07, 6.45) is 0.949. The van der Waals surface area contributed by atoms with Crippen molar-refractivity contribution < 1.29 is 48.4 Å². The summed E-state index contributed by atoms with van der Waals surface area (Å²) in [5.74, 6) is -1.17. The van der Waals surface area contributed by atoms with E-state index in [1.807, 2.05) is 69.6 Å². The third-order valence-electron chi connectivity index (χ3n) is 13.1. The second-order valence-electron chi connectivity index (χ2n) is 19.8. The van der Waals surface area contributed by atoms with Crippen LogP contribution >= 0.6 is 11.3 Å². The number of benzene rings is 2. The number of carbonyl (C=O) groups excluding carboxylic acids is 5. The van der Waals surface area contributed by atoms with Gasteiger partial charge in [0.1, 0.15) is 29.9 Å². The van der Waals surface area contributed by atoms with Crippen molar-refractivity contribution in [1.82, 2.24) is 45.6 Å². The van der Waals surface area contributed by atoms with Crippen LogP contribution in [-0.4, -0.2) is 179 Å². The number of ether oxygens (including phenoxy) is 3. The maximum absolute atomic E-state index is 14.0. The first kappa shape index (κ1) is 54.8. The zero-order chi connectivity index (χ0) is 51.9. The molecule has 2 saturated heterocycles. The summed E-state index contributed by atoms with van der Waals surface area (Å²) in [6, 6.07) is 15.8. The van der Waals surface area contributed by atoms with E-state index >= 15 is 0 Å². The Kier molecular flexibility index (Phi) is 19.8. The Morgan fingerprint density at radius 3 is 2.26 bits per heavy atom. The Morgan fingerprint density at radius 1 is 0.863 bits per heavy atom. The van der Waals surface area contributed by atoms with Gasteiger partial charge < -0.3 is 55.5 Å². The Balaban J connectivity index is 0.702. The molecule has 4 atom stereocenters. The third kappa shape index (κ3) is 16.0. The van der Waals surface area contributed by atoms with Crippen LogP contribution in [0, 0.1) is 12.3 Å². The molecule has 5 heterocycles. The van der Waals surface area contributed by atoms with Gasteiger partial charge in [-0.2, -0.15) is 0 Å². The third-order valence-corrected chi connectivity index (χ3v) is 14.0. The zero-order valence-electron chi connectivity index (χ0n) is 42.2. The van der Waals surface area contributed by atoms with Gasteiger partial charge >= 0.3 is 0 Å². The molecule has 3 aliphatic heterocycles. The van der Waals surface area contributed by atoms with Gasteiger partial charge in [-0.1, -0.05) is 69.3 Å². The second-order valence-corrected chi connectivity index (χ2v) is 20.7. The van der Waals surface area contributed by atoms with Crippen LogP contribution in [0.3, 0.4) is 0 Å². The Bertz CT molecular complexity index is 2480. The average molecular weight is 1030 g/mol. The van der Waals surface area contributed by atoms with Crippen molar-refractivity contribution in [3.63, 3.8) is 0 Å². The number of amides is 5. The van der Waals surface area contributed by atoms with E-state index in [2.05, 4.69) is 53.3 Å². The van der Waals surface area contributed by atoms with Crippen LogP contribution in [0.5, 0.6) is 0 Å². The molecule has 0 unspecified atom stereocenters. The van der Waals surface area contributed by atoms with Crippen molar-refractivity contribution in [1.29, 1.82) is 0 Å². The first-order valence-electron chi connectivity index (χ1n) is 25.0. The van der Waals surface area contributed by atoms with Crippen LogP contribution in [0.2, 0.25) is 0 Å². The second kappa shape index (κ2) is 26.3. The molecular weight excluding hydrogens is 957 g/mol. The van der Waals surface area contributed by atoms with E-state index in [0.29, 0.717) is 32.1 Å². The highest BCUT2D eigenvalue weighted by molar-refractivity contribution is 7.13. The van der Waals surface area contributed by atoms with E-state index < -0.39 is 41.5 Å². The van der Waals surface area contributed by atoms with Crippen molar-refractivity contribution >= 4 is 46.7 Å². The van der Waals surface area contributed by atoms with Crippen molar-refractivity contribution in [2.24, 2.45) is 5.41 Å². The fourth-order valence-electron chi connectivity index (χ4n) is 8.95. The number of aliphatic hydroxyl groups is 2. The number of nitrogens with zero attached hydrogens (tertiary/aromatic N) is 6. The highest BCUT2D eigenvalue weighted by Gasteiger charge is 2.44. The Hall–Kier alpha value is -5.94. The van der Waals surface area contributed by atoms with Crippen LogP contribution < -0.4 is 21.3 Å². The lowest BCUT2D eigenvalue weighted by Crippen LogP contribution is -2.57. The number of fused-ring (bicyclic) bond motifs is 1. The molecule has 0 saturated carbocycles. The summed E-state index contributed by atoms with van der Waals surface area (Å²) in [7, 11) is 0. The average Bonchev–Trinajstić information content (AvgIpc) is 3.98. The van der Waals surface area contributed by atoms with Gasteiger partial charge in [-0.15, -0.1) is 11.3 Å². The van der Waals surface area contributed by atoms with Crippen LogP contribution in [0.15, 0.2) is 66.4 Å². The molecule has 0 bridgehead atoms. The number of thiazole rings is 1. The molecule has 2 fully saturated rings. The quantitative estimate of drug-likeness (QED) is 0.0522. The minimum Gasteiger partial charge on any atom is -0.391 e. The van der Waals surface area contributed by atoms with E-state index in [9.17, 15) is 34.2 Å². The number of anilines is 1. The van der Waals surface area contributed by atoms with Crippen LogP contribution in [0.4, 0.5) is 5.82 Å². The van der Waals surface area contributed by atoms with E-state index in [1.165, 1.54) is 22.4 Å². The molecule has 0 aliphatic carbocycles. The van der Waals surface area contributed by atoms with Gasteiger partial charge in [0.2, 0.25) is 23.6 Å². The lowest BCUT2D eigenvalue weighted by atomic mass is 9.85. The number of aliphatic hydroxyl groups excluding tert-OH is 2. The zero-order valence-corrected chi connectivity index (χ0v) is 43.0.